The zero-order valence-electron chi connectivity index (χ0n) is 16.7. The highest BCUT2D eigenvalue weighted by molar-refractivity contribution is 7.89. The molecule has 7 nitrogen and oxygen atoms in total. The van der Waals surface area contributed by atoms with Gasteiger partial charge in [-0.3, -0.25) is 4.79 Å². The molecule has 1 atom stereocenters. The molecule has 162 valence electrons. The average molecular weight is 473 g/mol. The number of carbonyl (C=O) groups excluding carboxylic acids is 2. The van der Waals surface area contributed by atoms with Crippen molar-refractivity contribution < 1.29 is 22.7 Å². The fourth-order valence-electron chi connectivity index (χ4n) is 2.59. The van der Waals surface area contributed by atoms with E-state index in [1.165, 1.54) is 47.6 Å². The highest BCUT2D eigenvalue weighted by Crippen LogP contribution is 2.25. The van der Waals surface area contributed by atoms with Crippen LogP contribution in [0.4, 0.5) is 5.69 Å². The van der Waals surface area contributed by atoms with E-state index < -0.39 is 28.0 Å². The number of hydrogen-bond acceptors (Lipinski definition) is 5. The second-order valence-electron chi connectivity index (χ2n) is 6.27. The van der Waals surface area contributed by atoms with E-state index in [-0.39, 0.29) is 15.5 Å². The molecular weight excluding hydrogens is 451 g/mol. The Morgan fingerprint density at radius 3 is 2.23 bits per heavy atom. The highest BCUT2D eigenvalue weighted by atomic mass is 35.5. The largest absolute Gasteiger partial charge is 0.449 e. The molecule has 0 saturated carbocycles. The van der Waals surface area contributed by atoms with Gasteiger partial charge in [-0.05, 0) is 49.4 Å². The van der Waals surface area contributed by atoms with E-state index in [2.05, 4.69) is 5.32 Å². The Morgan fingerprint density at radius 2 is 1.67 bits per heavy atom. The first-order valence-electron chi connectivity index (χ1n) is 9.17. The van der Waals surface area contributed by atoms with E-state index in [1.54, 1.807) is 19.9 Å². The monoisotopic (exact) mass is 472 g/mol. The Kier molecular flexibility index (Phi) is 8.25. The van der Waals surface area contributed by atoms with Crippen LogP contribution in [0.25, 0.3) is 0 Å². The molecule has 0 heterocycles. The van der Waals surface area contributed by atoms with Crippen LogP contribution in [0.3, 0.4) is 0 Å². The van der Waals surface area contributed by atoms with Crippen LogP contribution in [0.15, 0.2) is 47.4 Å². The van der Waals surface area contributed by atoms with Gasteiger partial charge in [-0.15, -0.1) is 0 Å². The van der Waals surface area contributed by atoms with Gasteiger partial charge in [-0.1, -0.05) is 37.0 Å². The first kappa shape index (κ1) is 24.1. The van der Waals surface area contributed by atoms with Gasteiger partial charge >= 0.3 is 5.97 Å². The maximum absolute atomic E-state index is 12.5. The van der Waals surface area contributed by atoms with Crippen molar-refractivity contribution in [1.29, 1.82) is 0 Å². The highest BCUT2D eigenvalue weighted by Gasteiger charge is 2.23. The second kappa shape index (κ2) is 10.3. The average Bonchev–Trinajstić information content (AvgIpc) is 2.71. The van der Waals surface area contributed by atoms with Gasteiger partial charge in [-0.25, -0.2) is 13.2 Å². The van der Waals surface area contributed by atoms with Crippen molar-refractivity contribution in [2.24, 2.45) is 0 Å². The lowest BCUT2D eigenvalue weighted by molar-refractivity contribution is -0.123. The molecule has 0 aromatic heterocycles. The molecule has 2 aromatic carbocycles. The number of rotatable bonds is 8. The number of esters is 1. The summed E-state index contributed by atoms with van der Waals surface area (Å²) in [6.07, 6.45) is -1.12. The minimum Gasteiger partial charge on any atom is -0.449 e. The van der Waals surface area contributed by atoms with Crippen molar-refractivity contribution >= 4 is 50.8 Å². The van der Waals surface area contributed by atoms with Crippen molar-refractivity contribution in [3.05, 3.63) is 58.1 Å². The van der Waals surface area contributed by atoms with Gasteiger partial charge in [0.25, 0.3) is 5.91 Å². The first-order valence-corrected chi connectivity index (χ1v) is 11.4. The van der Waals surface area contributed by atoms with Crippen molar-refractivity contribution in [3.63, 3.8) is 0 Å². The van der Waals surface area contributed by atoms with Crippen LogP contribution in [0.1, 0.15) is 31.1 Å². The van der Waals surface area contributed by atoms with Crippen LogP contribution in [0, 0.1) is 0 Å². The molecular formula is C20H22Cl2N2O5S. The summed E-state index contributed by atoms with van der Waals surface area (Å²) in [4.78, 5) is 24.7. The van der Waals surface area contributed by atoms with Crippen molar-refractivity contribution in [2.75, 3.05) is 18.4 Å². The first-order chi connectivity index (χ1) is 14.1. The molecule has 0 unspecified atom stereocenters. The Bertz CT molecular complexity index is 1020. The SMILES string of the molecule is CCN(CC)S(=O)(=O)c1ccc(C(=O)O[C@H](C)C(=O)Nc2cc(Cl)ccc2Cl)cc1. The maximum atomic E-state index is 12.5. The number of carbonyl (C=O) groups is 2. The van der Waals surface area contributed by atoms with Gasteiger partial charge in [0.05, 0.1) is 21.2 Å². The lowest BCUT2D eigenvalue weighted by Gasteiger charge is -2.18. The minimum absolute atomic E-state index is 0.0733. The molecule has 0 aliphatic carbocycles. The Morgan fingerprint density at radius 1 is 1.07 bits per heavy atom. The van der Waals surface area contributed by atoms with Crippen LogP contribution >= 0.6 is 23.2 Å². The van der Waals surface area contributed by atoms with Crippen molar-refractivity contribution in [1.82, 2.24) is 4.31 Å². The molecule has 0 fully saturated rings. The molecule has 2 rings (SSSR count). The van der Waals surface area contributed by atoms with Gasteiger partial charge in [0.15, 0.2) is 6.10 Å². The number of sulfonamides is 1. The normalized spacial score (nSPS) is 12.5. The number of halogens is 2. The van der Waals surface area contributed by atoms with E-state index in [9.17, 15) is 18.0 Å². The summed E-state index contributed by atoms with van der Waals surface area (Å²) in [5.41, 5.74) is 0.414. The number of hydrogen-bond donors (Lipinski definition) is 1. The molecule has 1 N–H and O–H groups in total. The molecule has 10 heteroatoms. The summed E-state index contributed by atoms with van der Waals surface area (Å²) in [7, 11) is -3.63. The number of nitrogens with one attached hydrogen (secondary N) is 1. The minimum atomic E-state index is -3.63. The van der Waals surface area contributed by atoms with Gasteiger partial charge in [0.1, 0.15) is 0 Å². The summed E-state index contributed by atoms with van der Waals surface area (Å²) in [6.45, 7) is 5.58. The van der Waals surface area contributed by atoms with E-state index in [0.717, 1.165) is 0 Å². The number of nitrogens with zero attached hydrogens (tertiary/aromatic N) is 1. The summed E-state index contributed by atoms with van der Waals surface area (Å²) in [5.74, 6) is -1.35. The molecule has 0 saturated heterocycles. The number of amides is 1. The van der Waals surface area contributed by atoms with Crippen molar-refractivity contribution in [3.8, 4) is 0 Å². The third-order valence-electron chi connectivity index (χ3n) is 4.27. The van der Waals surface area contributed by atoms with Gasteiger partial charge in [0.2, 0.25) is 10.0 Å². The lowest BCUT2D eigenvalue weighted by atomic mass is 10.2. The van der Waals surface area contributed by atoms with E-state index >= 15 is 0 Å². The van der Waals surface area contributed by atoms with Gasteiger partial charge in [0, 0.05) is 18.1 Å². The Balaban J connectivity index is 2.06. The topological polar surface area (TPSA) is 92.8 Å². The third kappa shape index (κ3) is 5.72. The second-order valence-corrected chi connectivity index (χ2v) is 9.06. The quantitative estimate of drug-likeness (QED) is 0.580. The maximum Gasteiger partial charge on any atom is 0.338 e. The number of ether oxygens (including phenoxy) is 1. The standard InChI is InChI=1S/C20H22Cl2N2O5S/c1-4-24(5-2)30(27,28)16-9-6-14(7-10-16)20(26)29-13(3)19(25)23-18-12-15(21)8-11-17(18)22/h6-13H,4-5H2,1-3H3,(H,23,25)/t13-/m1/s1. The summed E-state index contributed by atoms with van der Waals surface area (Å²) in [6, 6.07) is 9.94. The molecule has 30 heavy (non-hydrogen) atoms. The molecule has 0 bridgehead atoms. The zero-order valence-corrected chi connectivity index (χ0v) is 19.0. The van der Waals surface area contributed by atoms with Gasteiger partial charge < -0.3 is 10.1 Å². The molecule has 1 amide bonds. The zero-order chi connectivity index (χ0) is 22.5. The van der Waals surface area contributed by atoms with E-state index in [0.29, 0.717) is 23.8 Å². The molecule has 0 aliphatic rings. The Labute approximate surface area is 186 Å². The van der Waals surface area contributed by atoms with E-state index in [1.807, 2.05) is 0 Å². The van der Waals surface area contributed by atoms with Gasteiger partial charge in [-0.2, -0.15) is 4.31 Å². The molecule has 0 aliphatic heterocycles. The predicted octanol–water partition coefficient (Wildman–Crippen LogP) is 4.21. The van der Waals surface area contributed by atoms with Crippen LogP contribution in [-0.2, 0) is 19.6 Å². The van der Waals surface area contributed by atoms with Crippen LogP contribution in [0.2, 0.25) is 10.0 Å². The number of benzene rings is 2. The smallest absolute Gasteiger partial charge is 0.338 e. The summed E-state index contributed by atoms with van der Waals surface area (Å²) >= 11 is 11.9. The van der Waals surface area contributed by atoms with E-state index in [4.69, 9.17) is 27.9 Å². The van der Waals surface area contributed by atoms with Crippen LogP contribution in [-0.4, -0.2) is 43.8 Å². The van der Waals surface area contributed by atoms with Crippen LogP contribution in [0.5, 0.6) is 0 Å². The predicted molar refractivity (Wildman–Crippen MR) is 117 cm³/mol. The van der Waals surface area contributed by atoms with Crippen molar-refractivity contribution in [2.45, 2.75) is 31.8 Å². The molecule has 0 spiro atoms. The number of anilines is 1. The fourth-order valence-corrected chi connectivity index (χ4v) is 4.38. The lowest BCUT2D eigenvalue weighted by Crippen LogP contribution is -2.31. The molecule has 2 aromatic rings. The Hall–Kier alpha value is -2.13. The fraction of sp³-hybridized carbons (Fsp3) is 0.300. The summed E-state index contributed by atoms with van der Waals surface area (Å²) in [5, 5.41) is 3.22. The van der Waals surface area contributed by atoms with Crippen LogP contribution < -0.4 is 5.32 Å². The summed E-state index contributed by atoms with van der Waals surface area (Å²) < 4.78 is 31.5. The third-order valence-corrected chi connectivity index (χ3v) is 6.90. The molecule has 0 radical (unpaired) electrons.